The summed E-state index contributed by atoms with van der Waals surface area (Å²) in [6.45, 7) is 5.41. The number of aromatic nitrogens is 2. The molecule has 1 aromatic heterocycles. The Morgan fingerprint density at radius 2 is 1.95 bits per heavy atom. The monoisotopic (exact) mass is 295 g/mol. The normalized spacial score (nSPS) is 20.1. The van der Waals surface area contributed by atoms with Gasteiger partial charge in [-0.3, -0.25) is 0 Å². The maximum Gasteiger partial charge on any atom is 0.231 e. The van der Waals surface area contributed by atoms with E-state index in [1.54, 1.807) is 0 Å². The van der Waals surface area contributed by atoms with Crippen LogP contribution in [0.15, 0.2) is 4.52 Å². The summed E-state index contributed by atoms with van der Waals surface area (Å²) in [7, 11) is 0. The summed E-state index contributed by atoms with van der Waals surface area (Å²) in [6.07, 6.45) is 8.89. The van der Waals surface area contributed by atoms with E-state index in [9.17, 15) is 0 Å². The van der Waals surface area contributed by atoms with Gasteiger partial charge in [0.05, 0.1) is 5.92 Å². The van der Waals surface area contributed by atoms with Crippen molar-refractivity contribution in [3.05, 3.63) is 11.7 Å². The summed E-state index contributed by atoms with van der Waals surface area (Å²) in [5, 5.41) is 4.26. The van der Waals surface area contributed by atoms with Crippen LogP contribution in [0.5, 0.6) is 0 Å². The zero-order valence-corrected chi connectivity index (χ0v) is 13.4. The average Bonchev–Trinajstić information content (AvgIpc) is 2.87. The van der Waals surface area contributed by atoms with Crippen LogP contribution >= 0.6 is 0 Å². The minimum absolute atomic E-state index is 0.167. The predicted molar refractivity (Wildman–Crippen MR) is 82.0 cm³/mol. The maximum absolute atomic E-state index is 6.11. The van der Waals surface area contributed by atoms with Crippen molar-refractivity contribution in [3.63, 3.8) is 0 Å². The van der Waals surface area contributed by atoms with E-state index in [0.29, 0.717) is 19.0 Å². The SMILES string of the molecule is CCCC(CN)c1nc(C2(OCC)CCCCCC2)no1. The van der Waals surface area contributed by atoms with Crippen molar-refractivity contribution in [1.82, 2.24) is 10.1 Å². The molecule has 0 saturated heterocycles. The Bertz CT molecular complexity index is 411. The maximum atomic E-state index is 6.11. The zero-order valence-electron chi connectivity index (χ0n) is 13.4. The Labute approximate surface area is 127 Å². The van der Waals surface area contributed by atoms with E-state index >= 15 is 0 Å². The first-order valence-corrected chi connectivity index (χ1v) is 8.44. The van der Waals surface area contributed by atoms with Crippen LogP contribution < -0.4 is 5.73 Å². The Kier molecular flexibility index (Phi) is 6.18. The highest BCUT2D eigenvalue weighted by atomic mass is 16.5. The third kappa shape index (κ3) is 3.83. The van der Waals surface area contributed by atoms with Crippen LogP contribution in [0.3, 0.4) is 0 Å². The van der Waals surface area contributed by atoms with Gasteiger partial charge in [0.2, 0.25) is 11.7 Å². The summed E-state index contributed by atoms with van der Waals surface area (Å²) in [5.74, 6) is 1.58. The lowest BCUT2D eigenvalue weighted by molar-refractivity contribution is -0.0636. The van der Waals surface area contributed by atoms with Gasteiger partial charge in [-0.2, -0.15) is 4.98 Å². The number of ether oxygens (including phenoxy) is 1. The molecule has 1 heterocycles. The quantitative estimate of drug-likeness (QED) is 0.779. The fraction of sp³-hybridized carbons (Fsp3) is 0.875. The van der Waals surface area contributed by atoms with Gasteiger partial charge in [-0.1, -0.05) is 44.2 Å². The Morgan fingerprint density at radius 1 is 1.24 bits per heavy atom. The first-order valence-electron chi connectivity index (χ1n) is 8.44. The standard InChI is InChI=1S/C16H29N3O2/c1-3-9-13(12-17)14-18-15(19-21-14)16(20-4-2)10-7-5-6-8-11-16/h13H,3-12,17H2,1-2H3. The van der Waals surface area contributed by atoms with Crippen molar-refractivity contribution < 1.29 is 9.26 Å². The van der Waals surface area contributed by atoms with E-state index in [4.69, 9.17) is 15.0 Å². The van der Waals surface area contributed by atoms with Gasteiger partial charge in [0.1, 0.15) is 5.60 Å². The van der Waals surface area contributed by atoms with Gasteiger partial charge in [-0.05, 0) is 26.2 Å². The van der Waals surface area contributed by atoms with Gasteiger partial charge in [0, 0.05) is 13.2 Å². The molecule has 2 N–H and O–H groups in total. The fourth-order valence-corrected chi connectivity index (χ4v) is 3.29. The highest BCUT2D eigenvalue weighted by Crippen LogP contribution is 2.38. The van der Waals surface area contributed by atoms with Crippen LogP contribution in [-0.4, -0.2) is 23.3 Å². The smallest absolute Gasteiger partial charge is 0.231 e. The second-order valence-corrected chi connectivity index (χ2v) is 6.02. The van der Waals surface area contributed by atoms with Crippen molar-refractivity contribution in [3.8, 4) is 0 Å². The van der Waals surface area contributed by atoms with Crippen LogP contribution in [0.4, 0.5) is 0 Å². The van der Waals surface area contributed by atoms with Crippen LogP contribution in [0, 0.1) is 0 Å². The summed E-state index contributed by atoms with van der Waals surface area (Å²) >= 11 is 0. The van der Waals surface area contributed by atoms with E-state index < -0.39 is 0 Å². The largest absolute Gasteiger partial charge is 0.367 e. The minimum atomic E-state index is -0.349. The summed E-state index contributed by atoms with van der Waals surface area (Å²) in [6, 6.07) is 0. The molecule has 1 unspecified atom stereocenters. The van der Waals surface area contributed by atoms with Crippen LogP contribution in [0.25, 0.3) is 0 Å². The molecule has 0 bridgehead atoms. The molecule has 120 valence electrons. The summed E-state index contributed by atoms with van der Waals surface area (Å²) < 4.78 is 11.6. The molecule has 1 atom stereocenters. The second-order valence-electron chi connectivity index (χ2n) is 6.02. The molecule has 1 aliphatic carbocycles. The highest BCUT2D eigenvalue weighted by Gasteiger charge is 2.38. The first-order chi connectivity index (χ1) is 10.3. The molecule has 1 aromatic rings. The number of nitrogens with two attached hydrogens (primary N) is 1. The summed E-state index contributed by atoms with van der Waals surface area (Å²) in [5.41, 5.74) is 5.49. The molecular formula is C16H29N3O2. The number of rotatable bonds is 7. The lowest BCUT2D eigenvalue weighted by atomic mass is 9.93. The van der Waals surface area contributed by atoms with Crippen molar-refractivity contribution in [2.24, 2.45) is 5.73 Å². The van der Waals surface area contributed by atoms with Gasteiger partial charge in [-0.25, -0.2) is 0 Å². The Morgan fingerprint density at radius 3 is 2.52 bits per heavy atom. The van der Waals surface area contributed by atoms with Gasteiger partial charge in [0.15, 0.2) is 0 Å². The molecule has 1 saturated carbocycles. The third-order valence-electron chi connectivity index (χ3n) is 4.45. The fourth-order valence-electron chi connectivity index (χ4n) is 3.29. The van der Waals surface area contributed by atoms with Crippen molar-refractivity contribution in [2.75, 3.05) is 13.2 Å². The minimum Gasteiger partial charge on any atom is -0.367 e. The topological polar surface area (TPSA) is 74.2 Å². The molecule has 0 amide bonds. The Balaban J connectivity index is 2.22. The third-order valence-corrected chi connectivity index (χ3v) is 4.45. The first kappa shape index (κ1) is 16.4. The highest BCUT2D eigenvalue weighted by molar-refractivity contribution is 5.05. The van der Waals surface area contributed by atoms with E-state index in [1.165, 1.54) is 25.7 Å². The molecule has 2 rings (SSSR count). The molecule has 0 aliphatic heterocycles. The molecule has 0 aromatic carbocycles. The average molecular weight is 295 g/mol. The summed E-state index contributed by atoms with van der Waals surface area (Å²) in [4.78, 5) is 4.67. The second kappa shape index (κ2) is 7.90. The van der Waals surface area contributed by atoms with Gasteiger partial charge in [-0.15, -0.1) is 0 Å². The molecule has 0 radical (unpaired) electrons. The number of hydrogen-bond acceptors (Lipinski definition) is 5. The van der Waals surface area contributed by atoms with E-state index in [0.717, 1.165) is 31.5 Å². The molecule has 5 nitrogen and oxygen atoms in total. The van der Waals surface area contributed by atoms with Crippen LogP contribution in [-0.2, 0) is 10.3 Å². The molecule has 0 spiro atoms. The Hall–Kier alpha value is -0.940. The van der Waals surface area contributed by atoms with Gasteiger partial charge >= 0.3 is 0 Å². The van der Waals surface area contributed by atoms with E-state index in [1.807, 2.05) is 6.92 Å². The van der Waals surface area contributed by atoms with Gasteiger partial charge < -0.3 is 15.0 Å². The lowest BCUT2D eigenvalue weighted by Crippen LogP contribution is -2.31. The molecular weight excluding hydrogens is 266 g/mol. The molecule has 1 aliphatic rings. The van der Waals surface area contributed by atoms with Crippen LogP contribution in [0.1, 0.15) is 82.8 Å². The van der Waals surface area contributed by atoms with Crippen molar-refractivity contribution in [1.29, 1.82) is 0 Å². The predicted octanol–water partition coefficient (Wildman–Crippen LogP) is 3.50. The molecule has 21 heavy (non-hydrogen) atoms. The molecule has 5 heteroatoms. The number of nitrogens with zero attached hydrogens (tertiary/aromatic N) is 2. The van der Waals surface area contributed by atoms with E-state index in [2.05, 4.69) is 17.1 Å². The van der Waals surface area contributed by atoms with Crippen molar-refractivity contribution >= 4 is 0 Å². The van der Waals surface area contributed by atoms with Crippen LogP contribution in [0.2, 0.25) is 0 Å². The lowest BCUT2D eigenvalue weighted by Gasteiger charge is -2.29. The van der Waals surface area contributed by atoms with E-state index in [-0.39, 0.29) is 11.5 Å². The van der Waals surface area contributed by atoms with Gasteiger partial charge in [0.25, 0.3) is 0 Å². The van der Waals surface area contributed by atoms with Crippen molar-refractivity contribution in [2.45, 2.75) is 76.7 Å². The zero-order chi connectivity index (χ0) is 15.1. The molecule has 1 fully saturated rings. The number of hydrogen-bond donors (Lipinski definition) is 1.